The molecule has 25 heavy (non-hydrogen) atoms. The number of hydrogen-bond acceptors (Lipinski definition) is 6. The van der Waals surface area contributed by atoms with Gasteiger partial charge >= 0.3 is 5.97 Å². The van der Waals surface area contributed by atoms with Crippen molar-refractivity contribution >= 4 is 46.3 Å². The number of carboxylic acids is 1. The van der Waals surface area contributed by atoms with E-state index in [9.17, 15) is 24.3 Å². The molecule has 1 heterocycles. The number of carbonyl (C=O) groups is 4. The zero-order valence-electron chi connectivity index (χ0n) is 13.9. The Bertz CT molecular complexity index is 679. The van der Waals surface area contributed by atoms with E-state index in [-0.39, 0.29) is 16.8 Å². The van der Waals surface area contributed by atoms with Crippen LogP contribution in [0.2, 0.25) is 0 Å². The number of rotatable bonds is 6. The second-order valence-corrected chi connectivity index (χ2v) is 8.03. The lowest BCUT2D eigenvalue weighted by atomic mass is 9.97. The zero-order chi connectivity index (χ0) is 18.6. The molecule has 0 radical (unpaired) electrons. The molecule has 1 amide bonds. The van der Waals surface area contributed by atoms with Crippen molar-refractivity contribution in [2.24, 2.45) is 5.92 Å². The summed E-state index contributed by atoms with van der Waals surface area (Å²) in [6.07, 6.45) is 0. The first-order valence-electron chi connectivity index (χ1n) is 7.70. The predicted molar refractivity (Wildman–Crippen MR) is 97.6 cm³/mol. The molecule has 1 unspecified atom stereocenters. The number of aliphatic carboxylic acids is 1. The van der Waals surface area contributed by atoms with Crippen molar-refractivity contribution in [1.29, 1.82) is 0 Å². The van der Waals surface area contributed by atoms with Crippen LogP contribution in [0.15, 0.2) is 30.3 Å². The Morgan fingerprint density at radius 2 is 1.88 bits per heavy atom. The van der Waals surface area contributed by atoms with Crippen LogP contribution >= 0.6 is 23.5 Å². The summed E-state index contributed by atoms with van der Waals surface area (Å²) in [7, 11) is 0. The molecule has 1 saturated heterocycles. The highest BCUT2D eigenvalue weighted by atomic mass is 32.2. The minimum Gasteiger partial charge on any atom is -0.480 e. The fraction of sp³-hybridized carbons (Fsp3) is 0.412. The molecule has 0 spiro atoms. The summed E-state index contributed by atoms with van der Waals surface area (Å²) >= 11 is 2.18. The fourth-order valence-electron chi connectivity index (χ4n) is 2.58. The summed E-state index contributed by atoms with van der Waals surface area (Å²) in [5.41, 5.74) is 0.423. The van der Waals surface area contributed by atoms with E-state index in [1.54, 1.807) is 37.3 Å². The van der Waals surface area contributed by atoms with E-state index in [0.717, 1.165) is 11.8 Å². The van der Waals surface area contributed by atoms with Crippen molar-refractivity contribution in [2.75, 3.05) is 11.6 Å². The number of Topliss-reactive ketones (excluding diaryl/α,β-unsaturated/α-hetero) is 1. The molecule has 1 aromatic rings. The van der Waals surface area contributed by atoms with Crippen LogP contribution in [0.5, 0.6) is 0 Å². The van der Waals surface area contributed by atoms with Crippen molar-refractivity contribution in [1.82, 2.24) is 4.90 Å². The van der Waals surface area contributed by atoms with Crippen LogP contribution in [0.25, 0.3) is 0 Å². The summed E-state index contributed by atoms with van der Waals surface area (Å²) in [5.74, 6) is -1.99. The highest BCUT2D eigenvalue weighted by Gasteiger charge is 2.41. The Morgan fingerprint density at radius 3 is 2.44 bits per heavy atom. The average molecular weight is 381 g/mol. The Hall–Kier alpha value is -1.80. The van der Waals surface area contributed by atoms with Crippen molar-refractivity contribution in [3.63, 3.8) is 0 Å². The van der Waals surface area contributed by atoms with Gasteiger partial charge in [0.05, 0.1) is 17.0 Å². The Kier molecular flexibility index (Phi) is 6.66. The minimum atomic E-state index is -1.06. The van der Waals surface area contributed by atoms with Crippen molar-refractivity contribution in [3.8, 4) is 0 Å². The molecule has 1 aliphatic rings. The molecule has 0 aromatic heterocycles. The third kappa shape index (κ3) is 4.64. The second-order valence-electron chi connectivity index (χ2n) is 5.71. The number of carbonyl (C=O) groups excluding carboxylic acids is 3. The van der Waals surface area contributed by atoms with Crippen LogP contribution in [0.4, 0.5) is 0 Å². The van der Waals surface area contributed by atoms with Gasteiger partial charge in [-0.3, -0.25) is 14.4 Å². The van der Waals surface area contributed by atoms with Crippen LogP contribution in [-0.2, 0) is 14.4 Å². The Labute approximate surface area is 154 Å². The number of ketones is 1. The first-order valence-corrected chi connectivity index (χ1v) is 9.74. The van der Waals surface area contributed by atoms with Crippen LogP contribution in [0.1, 0.15) is 24.2 Å². The number of hydrogen-bond donors (Lipinski definition) is 1. The molecule has 1 N–H and O–H groups in total. The third-order valence-electron chi connectivity index (χ3n) is 3.90. The van der Waals surface area contributed by atoms with E-state index in [0.29, 0.717) is 11.3 Å². The van der Waals surface area contributed by atoms with Gasteiger partial charge in [0.1, 0.15) is 6.04 Å². The van der Waals surface area contributed by atoms with E-state index in [1.807, 2.05) is 0 Å². The SMILES string of the molecule is CC(=O)SC(C(=O)c1ccccc1)[C@@H](C)C(=O)N1CSC[C@H]1C(=O)O. The van der Waals surface area contributed by atoms with Crippen molar-refractivity contribution in [3.05, 3.63) is 35.9 Å². The van der Waals surface area contributed by atoms with Gasteiger partial charge in [-0.15, -0.1) is 11.8 Å². The molecule has 0 aliphatic carbocycles. The van der Waals surface area contributed by atoms with Crippen molar-refractivity contribution in [2.45, 2.75) is 25.1 Å². The number of benzene rings is 1. The summed E-state index contributed by atoms with van der Waals surface area (Å²) in [5, 5.41) is 8.11. The Balaban J connectivity index is 2.24. The maximum absolute atomic E-state index is 12.8. The maximum Gasteiger partial charge on any atom is 0.327 e. The summed E-state index contributed by atoms with van der Waals surface area (Å²) < 4.78 is 0. The number of amides is 1. The summed E-state index contributed by atoms with van der Waals surface area (Å²) in [4.78, 5) is 49.8. The monoisotopic (exact) mass is 381 g/mol. The first kappa shape index (κ1) is 19.5. The first-order chi connectivity index (χ1) is 11.8. The quantitative estimate of drug-likeness (QED) is 0.755. The molecule has 0 bridgehead atoms. The van der Waals surface area contributed by atoms with Gasteiger partial charge in [-0.05, 0) is 0 Å². The van der Waals surface area contributed by atoms with Gasteiger partial charge in [0.15, 0.2) is 10.9 Å². The lowest BCUT2D eigenvalue weighted by Gasteiger charge is -2.27. The number of carboxylic acid groups (broad SMARTS) is 1. The van der Waals surface area contributed by atoms with Gasteiger partial charge in [0.2, 0.25) is 5.91 Å². The number of nitrogens with zero attached hydrogens (tertiary/aromatic N) is 1. The predicted octanol–water partition coefficient (Wildman–Crippen LogP) is 2.14. The highest BCUT2D eigenvalue weighted by Crippen LogP contribution is 2.30. The molecule has 134 valence electrons. The van der Waals surface area contributed by atoms with Gasteiger partial charge in [-0.25, -0.2) is 4.79 Å². The summed E-state index contributed by atoms with van der Waals surface area (Å²) in [6, 6.07) is 7.59. The molecular weight excluding hydrogens is 362 g/mol. The summed E-state index contributed by atoms with van der Waals surface area (Å²) in [6.45, 7) is 2.92. The lowest BCUT2D eigenvalue weighted by Crippen LogP contribution is -2.47. The van der Waals surface area contributed by atoms with Crippen molar-refractivity contribution < 1.29 is 24.3 Å². The van der Waals surface area contributed by atoms with Gasteiger partial charge in [-0.2, -0.15) is 0 Å². The topological polar surface area (TPSA) is 91.8 Å². The fourth-order valence-corrected chi connectivity index (χ4v) is 4.66. The van der Waals surface area contributed by atoms with Gasteiger partial charge < -0.3 is 10.0 Å². The molecule has 1 aromatic carbocycles. The minimum absolute atomic E-state index is 0.264. The third-order valence-corrected chi connectivity index (χ3v) is 6.12. The van der Waals surface area contributed by atoms with Crippen LogP contribution in [-0.4, -0.2) is 55.7 Å². The lowest BCUT2D eigenvalue weighted by molar-refractivity contribution is -0.149. The maximum atomic E-state index is 12.8. The second kappa shape index (κ2) is 8.53. The van der Waals surface area contributed by atoms with Gasteiger partial charge in [0, 0.05) is 18.2 Å². The van der Waals surface area contributed by atoms with Crippen LogP contribution in [0, 0.1) is 5.92 Å². The molecule has 2 rings (SSSR count). The normalized spacial score (nSPS) is 19.3. The smallest absolute Gasteiger partial charge is 0.327 e. The van der Waals surface area contributed by atoms with Gasteiger partial charge in [-0.1, -0.05) is 49.0 Å². The molecule has 6 nitrogen and oxygen atoms in total. The molecular formula is C17H19NO5S2. The average Bonchev–Trinajstić information content (AvgIpc) is 3.08. The van der Waals surface area contributed by atoms with E-state index in [1.165, 1.54) is 23.6 Å². The molecule has 1 fully saturated rings. The molecule has 8 heteroatoms. The van der Waals surface area contributed by atoms with E-state index in [2.05, 4.69) is 0 Å². The molecule has 3 atom stereocenters. The van der Waals surface area contributed by atoms with E-state index >= 15 is 0 Å². The van der Waals surface area contributed by atoms with E-state index in [4.69, 9.17) is 0 Å². The van der Waals surface area contributed by atoms with E-state index < -0.39 is 29.1 Å². The molecule has 1 aliphatic heterocycles. The standard InChI is InChI=1S/C17H19NO5S2/c1-10(16(21)18-9-24-8-13(18)17(22)23)15(25-11(2)19)14(20)12-6-4-3-5-7-12/h3-7,10,13,15H,8-9H2,1-2H3,(H,22,23)/t10-,13+,15?/m1/s1. The zero-order valence-corrected chi connectivity index (χ0v) is 15.5. The Morgan fingerprint density at radius 1 is 1.24 bits per heavy atom. The van der Waals surface area contributed by atoms with Crippen LogP contribution in [0.3, 0.4) is 0 Å². The number of thioether (sulfide) groups is 2. The highest BCUT2D eigenvalue weighted by molar-refractivity contribution is 8.14. The molecule has 0 saturated carbocycles. The van der Waals surface area contributed by atoms with Crippen LogP contribution < -0.4 is 0 Å². The van der Waals surface area contributed by atoms with Gasteiger partial charge in [0.25, 0.3) is 0 Å². The largest absolute Gasteiger partial charge is 0.480 e.